The predicted molar refractivity (Wildman–Crippen MR) is 76.7 cm³/mol. The van der Waals surface area contributed by atoms with E-state index < -0.39 is 32.8 Å². The first kappa shape index (κ1) is 15.9. The summed E-state index contributed by atoms with van der Waals surface area (Å²) in [6.07, 6.45) is 4.15. The molecule has 8 nitrogen and oxygen atoms in total. The van der Waals surface area contributed by atoms with Gasteiger partial charge in [0.1, 0.15) is 5.60 Å². The quantitative estimate of drug-likeness (QED) is 0.433. The summed E-state index contributed by atoms with van der Waals surface area (Å²) in [6.45, 7) is 2.03. The number of non-ortho nitro benzene ring substituents is 2. The molecular weight excluding hydrogens is 292 g/mol. The van der Waals surface area contributed by atoms with Crippen LogP contribution in [0, 0.1) is 20.2 Å². The largest absolute Gasteiger partial charge is 0.455 e. The van der Waals surface area contributed by atoms with Crippen molar-refractivity contribution in [3.8, 4) is 0 Å². The summed E-state index contributed by atoms with van der Waals surface area (Å²) in [7, 11) is 0. The number of esters is 1. The van der Waals surface area contributed by atoms with Crippen LogP contribution in [0.2, 0.25) is 0 Å². The normalized spacial score (nSPS) is 15.1. The van der Waals surface area contributed by atoms with E-state index in [-0.39, 0.29) is 5.56 Å². The monoisotopic (exact) mass is 308 g/mol. The van der Waals surface area contributed by atoms with Crippen LogP contribution in [0.1, 0.15) is 49.4 Å². The van der Waals surface area contributed by atoms with Crippen molar-refractivity contribution in [1.29, 1.82) is 0 Å². The third-order valence-corrected chi connectivity index (χ3v) is 3.66. The Bertz CT molecular complexity index is 592. The number of ether oxygens (including phenoxy) is 1. The second kappa shape index (κ2) is 6.08. The minimum absolute atomic E-state index is 0.163. The maximum Gasteiger partial charge on any atom is 0.339 e. The van der Waals surface area contributed by atoms with Gasteiger partial charge in [0.25, 0.3) is 11.4 Å². The number of unbranched alkanes of at least 4 members (excludes halogenated alkanes) is 1. The van der Waals surface area contributed by atoms with Crippen LogP contribution < -0.4 is 0 Å². The Balaban J connectivity index is 2.22. The highest BCUT2D eigenvalue weighted by molar-refractivity contribution is 5.91. The number of nitro groups is 2. The highest BCUT2D eigenvalue weighted by atomic mass is 16.6. The fraction of sp³-hybridized carbons (Fsp3) is 0.500. The Hall–Kier alpha value is -2.51. The molecule has 0 radical (unpaired) electrons. The van der Waals surface area contributed by atoms with Crippen molar-refractivity contribution in [2.24, 2.45) is 0 Å². The number of rotatable bonds is 7. The third kappa shape index (κ3) is 3.57. The van der Waals surface area contributed by atoms with Gasteiger partial charge in [0.2, 0.25) is 0 Å². The Morgan fingerprint density at radius 3 is 2.14 bits per heavy atom. The van der Waals surface area contributed by atoms with E-state index >= 15 is 0 Å². The molecule has 0 aliphatic heterocycles. The van der Waals surface area contributed by atoms with Gasteiger partial charge in [-0.15, -0.1) is 0 Å². The van der Waals surface area contributed by atoms with E-state index in [1.165, 1.54) is 0 Å². The molecule has 1 aliphatic rings. The zero-order valence-electron chi connectivity index (χ0n) is 12.1. The van der Waals surface area contributed by atoms with Crippen LogP contribution in [-0.4, -0.2) is 21.4 Å². The lowest BCUT2D eigenvalue weighted by atomic mass is 10.1. The Kier molecular flexibility index (Phi) is 4.39. The molecule has 2 rings (SSSR count). The van der Waals surface area contributed by atoms with Gasteiger partial charge in [-0.2, -0.15) is 0 Å². The molecule has 118 valence electrons. The van der Waals surface area contributed by atoms with Crippen LogP contribution in [0.4, 0.5) is 11.4 Å². The first-order valence-electron chi connectivity index (χ1n) is 7.04. The molecule has 0 bridgehead atoms. The van der Waals surface area contributed by atoms with E-state index in [0.29, 0.717) is 0 Å². The van der Waals surface area contributed by atoms with Crippen LogP contribution >= 0.6 is 0 Å². The van der Waals surface area contributed by atoms with E-state index in [9.17, 15) is 25.0 Å². The molecule has 0 heterocycles. The van der Waals surface area contributed by atoms with Crippen molar-refractivity contribution in [2.45, 2.75) is 44.6 Å². The molecule has 0 saturated heterocycles. The number of nitro benzene ring substituents is 2. The number of carbonyl (C=O) groups is 1. The Morgan fingerprint density at radius 1 is 1.18 bits per heavy atom. The van der Waals surface area contributed by atoms with E-state index in [0.717, 1.165) is 50.3 Å². The van der Waals surface area contributed by atoms with Gasteiger partial charge < -0.3 is 4.74 Å². The average Bonchev–Trinajstić information content (AvgIpc) is 3.24. The van der Waals surface area contributed by atoms with Crippen molar-refractivity contribution >= 4 is 17.3 Å². The number of benzene rings is 1. The second-order valence-electron chi connectivity index (χ2n) is 5.43. The number of hydrogen-bond acceptors (Lipinski definition) is 6. The molecule has 8 heteroatoms. The average molecular weight is 308 g/mol. The molecule has 0 amide bonds. The van der Waals surface area contributed by atoms with Gasteiger partial charge >= 0.3 is 5.97 Å². The van der Waals surface area contributed by atoms with Crippen molar-refractivity contribution < 1.29 is 19.4 Å². The van der Waals surface area contributed by atoms with Gasteiger partial charge in [-0.1, -0.05) is 13.3 Å². The lowest BCUT2D eigenvalue weighted by Crippen LogP contribution is -2.20. The lowest BCUT2D eigenvalue weighted by molar-refractivity contribution is -0.394. The van der Waals surface area contributed by atoms with Gasteiger partial charge in [-0.3, -0.25) is 20.2 Å². The molecule has 1 aromatic rings. The third-order valence-electron chi connectivity index (χ3n) is 3.66. The molecule has 1 aliphatic carbocycles. The van der Waals surface area contributed by atoms with Crippen molar-refractivity contribution in [1.82, 2.24) is 0 Å². The summed E-state index contributed by atoms with van der Waals surface area (Å²) in [5.41, 5.74) is -1.66. The predicted octanol–water partition coefficient (Wildman–Crippen LogP) is 3.38. The molecule has 0 unspecified atom stereocenters. The first-order valence-corrected chi connectivity index (χ1v) is 7.04. The highest BCUT2D eigenvalue weighted by Crippen LogP contribution is 2.44. The Labute approximate surface area is 126 Å². The standard InChI is InChI=1S/C14H16N2O6/c1-2-3-4-14(5-6-14)22-13(17)10-7-11(15(18)19)9-12(8-10)16(20)21/h7-9H,2-6H2,1H3. The molecular formula is C14H16N2O6. The molecule has 0 atom stereocenters. The summed E-state index contributed by atoms with van der Waals surface area (Å²) in [4.78, 5) is 32.2. The summed E-state index contributed by atoms with van der Waals surface area (Å²) >= 11 is 0. The van der Waals surface area contributed by atoms with Gasteiger partial charge in [0.15, 0.2) is 0 Å². The smallest absolute Gasteiger partial charge is 0.339 e. The van der Waals surface area contributed by atoms with Crippen molar-refractivity contribution in [3.63, 3.8) is 0 Å². The molecule has 1 saturated carbocycles. The summed E-state index contributed by atoms with van der Waals surface area (Å²) < 4.78 is 5.42. The minimum Gasteiger partial charge on any atom is -0.455 e. The second-order valence-corrected chi connectivity index (χ2v) is 5.43. The molecule has 22 heavy (non-hydrogen) atoms. The fourth-order valence-electron chi connectivity index (χ4n) is 2.22. The van der Waals surface area contributed by atoms with Crippen LogP contribution in [0.5, 0.6) is 0 Å². The van der Waals surface area contributed by atoms with Gasteiger partial charge in [0.05, 0.1) is 21.5 Å². The summed E-state index contributed by atoms with van der Waals surface area (Å²) in [6, 6.07) is 2.83. The van der Waals surface area contributed by atoms with Crippen LogP contribution in [0.25, 0.3) is 0 Å². The van der Waals surface area contributed by atoms with Crippen molar-refractivity contribution in [2.75, 3.05) is 0 Å². The fourth-order valence-corrected chi connectivity index (χ4v) is 2.22. The van der Waals surface area contributed by atoms with Crippen LogP contribution in [-0.2, 0) is 4.74 Å². The van der Waals surface area contributed by atoms with Crippen molar-refractivity contribution in [3.05, 3.63) is 44.0 Å². The maximum atomic E-state index is 12.1. The molecule has 1 fully saturated rings. The van der Waals surface area contributed by atoms with E-state index in [1.807, 2.05) is 6.92 Å². The van der Waals surface area contributed by atoms with E-state index in [2.05, 4.69) is 0 Å². The maximum absolute atomic E-state index is 12.1. The van der Waals surface area contributed by atoms with Gasteiger partial charge in [-0.25, -0.2) is 4.79 Å². The lowest BCUT2D eigenvalue weighted by Gasteiger charge is -2.16. The summed E-state index contributed by atoms with van der Waals surface area (Å²) in [5, 5.41) is 21.6. The van der Waals surface area contributed by atoms with Gasteiger partial charge in [0, 0.05) is 12.1 Å². The van der Waals surface area contributed by atoms with Crippen LogP contribution in [0.15, 0.2) is 18.2 Å². The van der Waals surface area contributed by atoms with E-state index in [1.54, 1.807) is 0 Å². The minimum atomic E-state index is -0.770. The van der Waals surface area contributed by atoms with Crippen LogP contribution in [0.3, 0.4) is 0 Å². The number of carbonyl (C=O) groups excluding carboxylic acids is 1. The van der Waals surface area contributed by atoms with Gasteiger partial charge in [-0.05, 0) is 25.7 Å². The molecule has 0 aromatic heterocycles. The number of hydrogen-bond donors (Lipinski definition) is 0. The SMILES string of the molecule is CCCCC1(OC(=O)c2cc([N+](=O)[O-])cc([N+](=O)[O-])c2)CC1. The number of nitrogens with zero attached hydrogens (tertiary/aromatic N) is 2. The first-order chi connectivity index (χ1) is 10.4. The molecule has 0 spiro atoms. The zero-order chi connectivity index (χ0) is 16.3. The zero-order valence-corrected chi connectivity index (χ0v) is 12.1. The van der Waals surface area contributed by atoms with E-state index in [4.69, 9.17) is 4.74 Å². The molecule has 1 aromatic carbocycles. The molecule has 0 N–H and O–H groups in total. The summed E-state index contributed by atoms with van der Waals surface area (Å²) in [5.74, 6) is -0.750. The highest BCUT2D eigenvalue weighted by Gasteiger charge is 2.46. The topological polar surface area (TPSA) is 113 Å². The Morgan fingerprint density at radius 2 is 1.73 bits per heavy atom.